The third kappa shape index (κ3) is 2.81. The second-order valence-corrected chi connectivity index (χ2v) is 5.66. The van der Waals surface area contributed by atoms with E-state index in [1.807, 2.05) is 0 Å². The van der Waals surface area contributed by atoms with Gasteiger partial charge in [-0.25, -0.2) is 0 Å². The van der Waals surface area contributed by atoms with Crippen molar-refractivity contribution in [1.29, 1.82) is 0 Å². The topological polar surface area (TPSA) is 27.1 Å². The van der Waals surface area contributed by atoms with E-state index in [9.17, 15) is 0 Å². The van der Waals surface area contributed by atoms with Crippen molar-refractivity contribution in [3.63, 3.8) is 0 Å². The highest BCUT2D eigenvalue weighted by atomic mass is 16.5. The number of nitrogens with zero attached hydrogens (tertiary/aromatic N) is 2. The standard InChI is InChI=1S/C16H24N2O/c1-11(2)13-6-7-14-15(8-9-19-5)17-18(12(3)4)16(14)10-13/h6-7,10-12H,8-9H2,1-5H3. The van der Waals surface area contributed by atoms with Crippen LogP contribution in [-0.2, 0) is 11.2 Å². The predicted octanol–water partition coefficient (Wildman–Crippen LogP) is 3.93. The van der Waals surface area contributed by atoms with Crippen molar-refractivity contribution < 1.29 is 4.74 Å². The van der Waals surface area contributed by atoms with Gasteiger partial charge >= 0.3 is 0 Å². The number of aromatic nitrogens is 2. The van der Waals surface area contributed by atoms with Gasteiger partial charge in [-0.1, -0.05) is 26.0 Å². The van der Waals surface area contributed by atoms with Crippen molar-refractivity contribution in [3.05, 3.63) is 29.5 Å². The van der Waals surface area contributed by atoms with Gasteiger partial charge in [-0.15, -0.1) is 0 Å². The fraction of sp³-hybridized carbons (Fsp3) is 0.562. The SMILES string of the molecule is COCCc1nn(C(C)C)c2cc(C(C)C)ccc12. The first kappa shape index (κ1) is 14.1. The molecule has 19 heavy (non-hydrogen) atoms. The number of hydrogen-bond donors (Lipinski definition) is 0. The van der Waals surface area contributed by atoms with Crippen LogP contribution in [0.3, 0.4) is 0 Å². The smallest absolute Gasteiger partial charge is 0.0726 e. The van der Waals surface area contributed by atoms with E-state index in [1.165, 1.54) is 16.5 Å². The van der Waals surface area contributed by atoms with E-state index < -0.39 is 0 Å². The number of rotatable bonds is 5. The Morgan fingerprint density at radius 2 is 1.95 bits per heavy atom. The van der Waals surface area contributed by atoms with Crippen LogP contribution in [0.5, 0.6) is 0 Å². The molecule has 0 amide bonds. The summed E-state index contributed by atoms with van der Waals surface area (Å²) in [7, 11) is 1.73. The van der Waals surface area contributed by atoms with Gasteiger partial charge in [0.05, 0.1) is 17.8 Å². The second-order valence-electron chi connectivity index (χ2n) is 5.66. The summed E-state index contributed by atoms with van der Waals surface area (Å²) in [6.07, 6.45) is 0.869. The van der Waals surface area contributed by atoms with E-state index in [0.717, 1.165) is 18.7 Å². The van der Waals surface area contributed by atoms with Gasteiger partial charge < -0.3 is 4.74 Å². The molecule has 0 N–H and O–H groups in total. The van der Waals surface area contributed by atoms with Gasteiger partial charge in [-0.05, 0) is 31.4 Å². The molecule has 1 aromatic heterocycles. The summed E-state index contributed by atoms with van der Waals surface area (Å²) < 4.78 is 7.31. The molecule has 0 saturated heterocycles. The zero-order valence-electron chi connectivity index (χ0n) is 12.6. The van der Waals surface area contributed by atoms with Crippen LogP contribution in [0.15, 0.2) is 18.2 Å². The zero-order chi connectivity index (χ0) is 14.0. The Balaban J connectivity index is 2.54. The molecule has 2 aromatic rings. The molecule has 0 unspecified atom stereocenters. The summed E-state index contributed by atoms with van der Waals surface area (Å²) in [5.41, 5.74) is 3.75. The van der Waals surface area contributed by atoms with Gasteiger partial charge in [-0.3, -0.25) is 4.68 Å². The minimum absolute atomic E-state index is 0.376. The highest BCUT2D eigenvalue weighted by molar-refractivity contribution is 5.83. The Kier molecular flexibility index (Phi) is 4.25. The van der Waals surface area contributed by atoms with Crippen LogP contribution in [0, 0.1) is 0 Å². The van der Waals surface area contributed by atoms with Crippen molar-refractivity contribution in [2.75, 3.05) is 13.7 Å². The summed E-state index contributed by atoms with van der Waals surface area (Å²) in [4.78, 5) is 0. The van der Waals surface area contributed by atoms with E-state index in [1.54, 1.807) is 7.11 Å². The quantitative estimate of drug-likeness (QED) is 0.814. The van der Waals surface area contributed by atoms with Gasteiger partial charge in [0.1, 0.15) is 0 Å². The number of hydrogen-bond acceptors (Lipinski definition) is 2. The zero-order valence-corrected chi connectivity index (χ0v) is 12.6. The maximum atomic E-state index is 5.18. The van der Waals surface area contributed by atoms with E-state index >= 15 is 0 Å². The van der Waals surface area contributed by atoms with Crippen molar-refractivity contribution >= 4 is 10.9 Å². The third-order valence-electron chi connectivity index (χ3n) is 3.51. The molecule has 0 fully saturated rings. The molecule has 1 aromatic carbocycles. The van der Waals surface area contributed by atoms with Gasteiger partial charge in [0, 0.05) is 25.0 Å². The monoisotopic (exact) mass is 260 g/mol. The molecule has 3 heteroatoms. The molecule has 2 rings (SSSR count). The number of methoxy groups -OCH3 is 1. The molecule has 0 aliphatic carbocycles. The summed E-state index contributed by atoms with van der Waals surface area (Å²) in [5, 5.41) is 6.02. The summed E-state index contributed by atoms with van der Waals surface area (Å²) in [6, 6.07) is 7.08. The van der Waals surface area contributed by atoms with Crippen LogP contribution >= 0.6 is 0 Å². The maximum Gasteiger partial charge on any atom is 0.0726 e. The van der Waals surface area contributed by atoms with Gasteiger partial charge in [0.15, 0.2) is 0 Å². The van der Waals surface area contributed by atoms with Crippen molar-refractivity contribution in [2.24, 2.45) is 0 Å². The summed E-state index contributed by atoms with van der Waals surface area (Å²) in [6.45, 7) is 9.52. The molecule has 0 aliphatic heterocycles. The van der Waals surface area contributed by atoms with Gasteiger partial charge in [-0.2, -0.15) is 5.10 Å². The van der Waals surface area contributed by atoms with Crippen molar-refractivity contribution in [2.45, 2.75) is 46.1 Å². The number of ether oxygens (including phenoxy) is 1. The van der Waals surface area contributed by atoms with Crippen LogP contribution in [0.2, 0.25) is 0 Å². The largest absolute Gasteiger partial charge is 0.384 e. The Bertz CT molecular complexity index is 555. The van der Waals surface area contributed by atoms with Crippen LogP contribution in [-0.4, -0.2) is 23.5 Å². The average Bonchev–Trinajstić information content (AvgIpc) is 2.74. The molecule has 1 heterocycles. The van der Waals surface area contributed by atoms with Crippen LogP contribution in [0.4, 0.5) is 0 Å². The average molecular weight is 260 g/mol. The Labute approximate surface area is 115 Å². The number of benzene rings is 1. The first-order chi connectivity index (χ1) is 9.04. The molecule has 0 atom stereocenters. The molecule has 0 spiro atoms. The van der Waals surface area contributed by atoms with Crippen molar-refractivity contribution in [3.8, 4) is 0 Å². The molecule has 104 valence electrons. The van der Waals surface area contributed by atoms with Crippen LogP contribution in [0.1, 0.15) is 50.9 Å². The lowest BCUT2D eigenvalue weighted by atomic mass is 10.0. The minimum Gasteiger partial charge on any atom is -0.384 e. The normalized spacial score (nSPS) is 11.9. The highest BCUT2D eigenvalue weighted by Gasteiger charge is 2.13. The van der Waals surface area contributed by atoms with E-state index in [2.05, 4.69) is 50.6 Å². The molecule has 0 saturated carbocycles. The summed E-state index contributed by atoms with van der Waals surface area (Å²) in [5.74, 6) is 0.544. The van der Waals surface area contributed by atoms with Crippen molar-refractivity contribution in [1.82, 2.24) is 9.78 Å². The van der Waals surface area contributed by atoms with E-state index in [4.69, 9.17) is 9.84 Å². The van der Waals surface area contributed by atoms with Gasteiger partial charge in [0.2, 0.25) is 0 Å². The Morgan fingerprint density at radius 1 is 1.21 bits per heavy atom. The van der Waals surface area contributed by atoms with Crippen LogP contribution in [0.25, 0.3) is 10.9 Å². The fourth-order valence-electron chi connectivity index (χ4n) is 2.36. The Hall–Kier alpha value is -1.35. The predicted molar refractivity (Wildman–Crippen MR) is 79.8 cm³/mol. The molecular weight excluding hydrogens is 236 g/mol. The molecule has 0 bridgehead atoms. The summed E-state index contributed by atoms with van der Waals surface area (Å²) >= 11 is 0. The van der Waals surface area contributed by atoms with E-state index in [-0.39, 0.29) is 0 Å². The van der Waals surface area contributed by atoms with Crippen LogP contribution < -0.4 is 0 Å². The molecular formula is C16H24N2O. The Morgan fingerprint density at radius 3 is 2.53 bits per heavy atom. The molecule has 0 aliphatic rings. The lowest BCUT2D eigenvalue weighted by molar-refractivity contribution is 0.201. The third-order valence-corrected chi connectivity index (χ3v) is 3.51. The maximum absolute atomic E-state index is 5.18. The van der Waals surface area contributed by atoms with E-state index in [0.29, 0.717) is 12.0 Å². The molecule has 3 nitrogen and oxygen atoms in total. The highest BCUT2D eigenvalue weighted by Crippen LogP contribution is 2.26. The number of fused-ring (bicyclic) bond motifs is 1. The lowest BCUT2D eigenvalue weighted by Crippen LogP contribution is -2.04. The lowest BCUT2D eigenvalue weighted by Gasteiger charge is -2.09. The minimum atomic E-state index is 0.376. The van der Waals surface area contributed by atoms with Gasteiger partial charge in [0.25, 0.3) is 0 Å². The first-order valence-electron chi connectivity index (χ1n) is 7.04. The first-order valence-corrected chi connectivity index (χ1v) is 7.04. The fourth-order valence-corrected chi connectivity index (χ4v) is 2.36. The second kappa shape index (κ2) is 5.74. The molecule has 0 radical (unpaired) electrons.